The first kappa shape index (κ1) is 9.21. The van der Waals surface area contributed by atoms with Crippen molar-refractivity contribution in [3.05, 3.63) is 11.5 Å². The second-order valence-corrected chi connectivity index (χ2v) is 4.74. The summed E-state index contributed by atoms with van der Waals surface area (Å²) >= 11 is 5.79. The molecule has 1 aliphatic carbocycles. The first-order valence-corrected chi connectivity index (χ1v) is 5.66. The van der Waals surface area contributed by atoms with E-state index in [0.29, 0.717) is 11.7 Å². The fraction of sp³-hybridized carbons (Fsp3) is 0.600. The van der Waals surface area contributed by atoms with Crippen molar-refractivity contribution in [1.82, 2.24) is 9.97 Å². The summed E-state index contributed by atoms with van der Waals surface area (Å²) in [4.78, 5) is 10.4. The SMILES string of the molecule is Nc1cnc(Cl)nc1N1CC2CCC1C2. The van der Waals surface area contributed by atoms with Gasteiger partial charge >= 0.3 is 0 Å². The normalized spacial score (nSPS) is 28.7. The summed E-state index contributed by atoms with van der Waals surface area (Å²) in [6.07, 6.45) is 5.48. The molecule has 2 N–H and O–H groups in total. The van der Waals surface area contributed by atoms with Gasteiger partial charge in [0.05, 0.1) is 11.9 Å². The minimum absolute atomic E-state index is 0.280. The van der Waals surface area contributed by atoms with Crippen LogP contribution in [0.3, 0.4) is 0 Å². The van der Waals surface area contributed by atoms with Gasteiger partial charge in [0.1, 0.15) is 0 Å². The van der Waals surface area contributed by atoms with Gasteiger partial charge in [-0.25, -0.2) is 4.98 Å². The highest BCUT2D eigenvalue weighted by Crippen LogP contribution is 2.41. The lowest BCUT2D eigenvalue weighted by Gasteiger charge is -2.28. The maximum atomic E-state index is 5.88. The van der Waals surface area contributed by atoms with E-state index in [2.05, 4.69) is 14.9 Å². The fourth-order valence-electron chi connectivity index (χ4n) is 2.78. The highest BCUT2D eigenvalue weighted by Gasteiger charge is 2.39. The van der Waals surface area contributed by atoms with Crippen LogP contribution in [0.2, 0.25) is 5.28 Å². The molecule has 4 nitrogen and oxygen atoms in total. The number of aromatic nitrogens is 2. The van der Waals surface area contributed by atoms with Crippen LogP contribution >= 0.6 is 11.6 Å². The number of halogens is 1. The monoisotopic (exact) mass is 224 g/mol. The Kier molecular flexibility index (Phi) is 1.99. The van der Waals surface area contributed by atoms with Crippen molar-refractivity contribution in [2.45, 2.75) is 25.3 Å². The molecule has 3 rings (SSSR count). The molecule has 0 aromatic carbocycles. The molecule has 5 heteroatoms. The Morgan fingerprint density at radius 2 is 2.33 bits per heavy atom. The molecule has 80 valence electrons. The summed E-state index contributed by atoms with van der Waals surface area (Å²) in [5, 5.41) is 0.280. The van der Waals surface area contributed by atoms with Crippen molar-refractivity contribution in [1.29, 1.82) is 0 Å². The molecular formula is C10H13ClN4. The van der Waals surface area contributed by atoms with Crippen LogP contribution in [0.5, 0.6) is 0 Å². The van der Waals surface area contributed by atoms with E-state index in [1.807, 2.05) is 0 Å². The van der Waals surface area contributed by atoms with Gasteiger partial charge in [-0.3, -0.25) is 0 Å². The molecule has 1 saturated carbocycles. The molecule has 1 aliphatic heterocycles. The molecular weight excluding hydrogens is 212 g/mol. The van der Waals surface area contributed by atoms with Crippen LogP contribution < -0.4 is 10.6 Å². The Morgan fingerprint density at radius 3 is 3.00 bits per heavy atom. The van der Waals surface area contributed by atoms with E-state index in [1.54, 1.807) is 6.20 Å². The largest absolute Gasteiger partial charge is 0.394 e. The van der Waals surface area contributed by atoms with Gasteiger partial charge < -0.3 is 10.6 Å². The molecule has 1 saturated heterocycles. The molecule has 15 heavy (non-hydrogen) atoms. The number of anilines is 2. The highest BCUT2D eigenvalue weighted by atomic mass is 35.5. The van der Waals surface area contributed by atoms with Gasteiger partial charge in [0, 0.05) is 12.6 Å². The van der Waals surface area contributed by atoms with E-state index >= 15 is 0 Å². The fourth-order valence-corrected chi connectivity index (χ4v) is 2.90. The Labute approximate surface area is 93.5 Å². The Hall–Kier alpha value is -1.03. The summed E-state index contributed by atoms with van der Waals surface area (Å²) in [5.41, 5.74) is 6.51. The van der Waals surface area contributed by atoms with Crippen molar-refractivity contribution in [3.63, 3.8) is 0 Å². The molecule has 0 amide bonds. The number of piperidine rings is 1. The lowest BCUT2D eigenvalue weighted by molar-refractivity contribution is 0.550. The highest BCUT2D eigenvalue weighted by molar-refractivity contribution is 6.28. The number of fused-ring (bicyclic) bond motifs is 2. The summed E-state index contributed by atoms with van der Waals surface area (Å²) < 4.78 is 0. The number of nitrogen functional groups attached to an aromatic ring is 1. The summed E-state index contributed by atoms with van der Waals surface area (Å²) in [5.74, 6) is 1.64. The molecule has 0 radical (unpaired) electrons. The van der Waals surface area contributed by atoms with Crippen LogP contribution in [-0.4, -0.2) is 22.6 Å². The minimum Gasteiger partial charge on any atom is -0.394 e. The predicted octanol–water partition coefficient (Wildman–Crippen LogP) is 1.70. The van der Waals surface area contributed by atoms with Crippen molar-refractivity contribution < 1.29 is 0 Å². The van der Waals surface area contributed by atoms with Crippen LogP contribution in [-0.2, 0) is 0 Å². The Bertz CT molecular complexity index is 395. The zero-order valence-corrected chi connectivity index (χ0v) is 9.11. The quantitative estimate of drug-likeness (QED) is 0.738. The molecule has 2 atom stereocenters. The average molecular weight is 225 g/mol. The number of rotatable bonds is 1. The maximum Gasteiger partial charge on any atom is 0.224 e. The second kappa shape index (κ2) is 3.23. The van der Waals surface area contributed by atoms with Crippen LogP contribution in [0.15, 0.2) is 6.20 Å². The van der Waals surface area contributed by atoms with Gasteiger partial charge in [-0.2, -0.15) is 4.98 Å². The maximum absolute atomic E-state index is 5.88. The van der Waals surface area contributed by atoms with E-state index < -0.39 is 0 Å². The van der Waals surface area contributed by atoms with Gasteiger partial charge in [0.25, 0.3) is 0 Å². The summed E-state index contributed by atoms with van der Waals surface area (Å²) in [6, 6.07) is 0.614. The van der Waals surface area contributed by atoms with Crippen molar-refractivity contribution in [2.75, 3.05) is 17.2 Å². The first-order chi connectivity index (χ1) is 7.24. The van der Waals surface area contributed by atoms with E-state index in [9.17, 15) is 0 Å². The van der Waals surface area contributed by atoms with Crippen LogP contribution in [0.1, 0.15) is 19.3 Å². The Balaban J connectivity index is 1.96. The van der Waals surface area contributed by atoms with Gasteiger partial charge in [-0.15, -0.1) is 0 Å². The molecule has 1 aromatic rings. The third kappa shape index (κ3) is 1.44. The number of nitrogens with zero attached hydrogens (tertiary/aromatic N) is 3. The van der Waals surface area contributed by atoms with Gasteiger partial charge in [0.15, 0.2) is 5.82 Å². The van der Waals surface area contributed by atoms with E-state index in [4.69, 9.17) is 17.3 Å². The first-order valence-electron chi connectivity index (χ1n) is 5.28. The summed E-state index contributed by atoms with van der Waals surface area (Å²) in [6.45, 7) is 1.07. The molecule has 2 bridgehead atoms. The van der Waals surface area contributed by atoms with E-state index in [0.717, 1.165) is 18.3 Å². The van der Waals surface area contributed by atoms with Crippen molar-refractivity contribution in [2.24, 2.45) is 5.92 Å². The van der Waals surface area contributed by atoms with Gasteiger partial charge in [-0.05, 0) is 36.8 Å². The molecule has 1 aromatic heterocycles. The summed E-state index contributed by atoms with van der Waals surface area (Å²) in [7, 11) is 0. The van der Waals surface area contributed by atoms with Crippen LogP contribution in [0.25, 0.3) is 0 Å². The smallest absolute Gasteiger partial charge is 0.224 e. The zero-order chi connectivity index (χ0) is 10.4. The average Bonchev–Trinajstić information content (AvgIpc) is 2.83. The number of hydrogen-bond acceptors (Lipinski definition) is 4. The van der Waals surface area contributed by atoms with E-state index in [-0.39, 0.29) is 5.28 Å². The van der Waals surface area contributed by atoms with Crippen molar-refractivity contribution in [3.8, 4) is 0 Å². The predicted molar refractivity (Wildman–Crippen MR) is 59.9 cm³/mol. The Morgan fingerprint density at radius 1 is 1.47 bits per heavy atom. The van der Waals surface area contributed by atoms with Gasteiger partial charge in [0.2, 0.25) is 5.28 Å². The minimum atomic E-state index is 0.280. The molecule has 2 aliphatic rings. The number of hydrogen-bond donors (Lipinski definition) is 1. The lowest BCUT2D eigenvalue weighted by Crippen LogP contribution is -2.33. The molecule has 2 heterocycles. The second-order valence-electron chi connectivity index (χ2n) is 4.40. The number of nitrogens with two attached hydrogens (primary N) is 1. The third-order valence-corrected chi connectivity index (χ3v) is 3.63. The standard InChI is InChI=1S/C10H13ClN4/c11-10-13-4-8(12)9(14-10)15-5-6-1-2-7(15)3-6/h4,6-7H,1-3,5,12H2. The zero-order valence-electron chi connectivity index (χ0n) is 8.36. The van der Waals surface area contributed by atoms with Crippen LogP contribution in [0, 0.1) is 5.92 Å². The lowest BCUT2D eigenvalue weighted by atomic mass is 10.1. The molecule has 2 fully saturated rings. The third-order valence-electron chi connectivity index (χ3n) is 3.45. The van der Waals surface area contributed by atoms with Gasteiger partial charge in [-0.1, -0.05) is 0 Å². The van der Waals surface area contributed by atoms with Crippen LogP contribution in [0.4, 0.5) is 11.5 Å². The molecule has 2 unspecified atom stereocenters. The molecule has 0 spiro atoms. The topological polar surface area (TPSA) is 55.0 Å². The van der Waals surface area contributed by atoms with E-state index in [1.165, 1.54) is 19.3 Å². The van der Waals surface area contributed by atoms with Crippen molar-refractivity contribution >= 4 is 23.1 Å².